The minimum Gasteiger partial charge on any atom is -0.475 e. The number of hydrogen-bond donors (Lipinski definition) is 1. The zero-order chi connectivity index (χ0) is 23.2. The summed E-state index contributed by atoms with van der Waals surface area (Å²) >= 11 is 0. The summed E-state index contributed by atoms with van der Waals surface area (Å²) in [5, 5.41) is 7.12. The van der Waals surface area contributed by atoms with Gasteiger partial charge in [-0.3, -0.25) is 14.5 Å². The van der Waals surface area contributed by atoms with Gasteiger partial charge in [-0.1, -0.05) is 6.92 Å². The van der Waals surface area contributed by atoms with Crippen LogP contribution in [0.15, 0.2) is 0 Å². The number of fused-ring (bicyclic) bond motifs is 1. The number of rotatable bonds is 4. The van der Waals surface area contributed by atoms with Gasteiger partial charge in [0.2, 0.25) is 11.8 Å². The van der Waals surface area contributed by atoms with Gasteiger partial charge in [0.1, 0.15) is 6.61 Å². The standard InChI is InChI=1S/C18H31N3O3.C2HF3O2/c1-3-19-12-7-18(17(23)21-9-4-5-10-21)8-13-20(11-6-15(18)19)16(22)14-24-2;3-2(4,5)1(6)7/h15H,3-14H2,1-2H3;(H,6,7)/t15-,18-;/m1./s1. The van der Waals surface area contributed by atoms with E-state index in [9.17, 15) is 22.8 Å². The third-order valence-corrected chi connectivity index (χ3v) is 6.51. The molecule has 178 valence electrons. The molecule has 11 heteroatoms. The molecule has 3 saturated heterocycles. The second-order valence-electron chi connectivity index (χ2n) is 8.21. The fraction of sp³-hybridized carbons (Fsp3) is 0.850. The predicted octanol–water partition coefficient (Wildman–Crippen LogP) is 1.59. The van der Waals surface area contributed by atoms with E-state index in [2.05, 4.69) is 16.7 Å². The number of halogens is 3. The highest BCUT2D eigenvalue weighted by Crippen LogP contribution is 2.45. The highest BCUT2D eigenvalue weighted by atomic mass is 19.4. The fourth-order valence-corrected chi connectivity index (χ4v) is 4.92. The van der Waals surface area contributed by atoms with Crippen molar-refractivity contribution in [1.29, 1.82) is 0 Å². The molecule has 3 aliphatic rings. The molecule has 0 aromatic rings. The highest BCUT2D eigenvalue weighted by molar-refractivity contribution is 5.85. The Kier molecular flexibility index (Phi) is 8.70. The number of nitrogens with zero attached hydrogens (tertiary/aromatic N) is 3. The smallest absolute Gasteiger partial charge is 0.475 e. The average molecular weight is 451 g/mol. The van der Waals surface area contributed by atoms with Crippen LogP contribution in [-0.4, -0.2) is 103 Å². The largest absolute Gasteiger partial charge is 0.490 e. The topological polar surface area (TPSA) is 90.4 Å². The second-order valence-corrected chi connectivity index (χ2v) is 8.21. The lowest BCUT2D eigenvalue weighted by Gasteiger charge is -2.38. The van der Waals surface area contributed by atoms with E-state index in [1.54, 1.807) is 7.11 Å². The van der Waals surface area contributed by atoms with Gasteiger partial charge in [0, 0.05) is 39.3 Å². The van der Waals surface area contributed by atoms with Crippen molar-refractivity contribution in [3.63, 3.8) is 0 Å². The Balaban J connectivity index is 0.000000423. The molecule has 3 fully saturated rings. The maximum atomic E-state index is 13.4. The number of carbonyl (C=O) groups is 3. The van der Waals surface area contributed by atoms with E-state index < -0.39 is 12.1 Å². The van der Waals surface area contributed by atoms with E-state index in [0.29, 0.717) is 12.5 Å². The van der Waals surface area contributed by atoms with Crippen LogP contribution in [0, 0.1) is 5.41 Å². The summed E-state index contributed by atoms with van der Waals surface area (Å²) in [4.78, 5) is 41.0. The molecule has 1 N–H and O–H groups in total. The van der Waals surface area contributed by atoms with Crippen LogP contribution in [-0.2, 0) is 19.1 Å². The van der Waals surface area contributed by atoms with Gasteiger partial charge in [-0.15, -0.1) is 0 Å². The number of methoxy groups -OCH3 is 1. The minimum absolute atomic E-state index is 0.0456. The second kappa shape index (κ2) is 10.6. The molecule has 0 aromatic heterocycles. The maximum Gasteiger partial charge on any atom is 0.490 e. The first kappa shape index (κ1) is 25.4. The number of alkyl halides is 3. The lowest BCUT2D eigenvalue weighted by atomic mass is 9.75. The Bertz CT molecular complexity index is 654. The highest BCUT2D eigenvalue weighted by Gasteiger charge is 2.54. The quantitative estimate of drug-likeness (QED) is 0.698. The molecule has 3 rings (SSSR count). The van der Waals surface area contributed by atoms with Crippen molar-refractivity contribution in [3.05, 3.63) is 0 Å². The molecule has 2 amide bonds. The summed E-state index contributed by atoms with van der Waals surface area (Å²) < 4.78 is 36.7. The molecule has 3 aliphatic heterocycles. The van der Waals surface area contributed by atoms with Crippen LogP contribution in [0.25, 0.3) is 0 Å². The van der Waals surface area contributed by atoms with Crippen LogP contribution in [0.3, 0.4) is 0 Å². The zero-order valence-corrected chi connectivity index (χ0v) is 18.1. The number of amides is 2. The van der Waals surface area contributed by atoms with Gasteiger partial charge in [-0.05, 0) is 45.2 Å². The molecule has 0 aliphatic carbocycles. The summed E-state index contributed by atoms with van der Waals surface area (Å²) in [6.07, 6.45) is -0.208. The summed E-state index contributed by atoms with van der Waals surface area (Å²) in [6.45, 7) is 7.52. The molecule has 0 saturated carbocycles. The van der Waals surface area contributed by atoms with E-state index >= 15 is 0 Å². The van der Waals surface area contributed by atoms with E-state index in [-0.39, 0.29) is 24.0 Å². The molecular weight excluding hydrogens is 419 g/mol. The van der Waals surface area contributed by atoms with Crippen molar-refractivity contribution < 1.29 is 37.4 Å². The number of likely N-dealkylation sites (tertiary alicyclic amines) is 3. The third-order valence-electron chi connectivity index (χ3n) is 6.51. The van der Waals surface area contributed by atoms with E-state index in [0.717, 1.165) is 64.8 Å². The number of ether oxygens (including phenoxy) is 1. The van der Waals surface area contributed by atoms with Crippen LogP contribution < -0.4 is 0 Å². The van der Waals surface area contributed by atoms with Gasteiger partial charge < -0.3 is 19.6 Å². The van der Waals surface area contributed by atoms with Gasteiger partial charge in [0.15, 0.2) is 0 Å². The van der Waals surface area contributed by atoms with Crippen LogP contribution in [0.4, 0.5) is 13.2 Å². The van der Waals surface area contributed by atoms with Gasteiger partial charge >= 0.3 is 12.1 Å². The third kappa shape index (κ3) is 5.88. The lowest BCUT2D eigenvalue weighted by molar-refractivity contribution is -0.192. The maximum absolute atomic E-state index is 13.4. The van der Waals surface area contributed by atoms with Gasteiger partial charge in [-0.2, -0.15) is 13.2 Å². The molecule has 2 atom stereocenters. The molecule has 0 spiro atoms. The Labute approximate surface area is 180 Å². The summed E-state index contributed by atoms with van der Waals surface area (Å²) in [5.41, 5.74) is -0.289. The predicted molar refractivity (Wildman–Crippen MR) is 105 cm³/mol. The van der Waals surface area contributed by atoms with Crippen LogP contribution >= 0.6 is 0 Å². The van der Waals surface area contributed by atoms with E-state index in [1.165, 1.54) is 0 Å². The molecular formula is C20H32F3N3O5. The summed E-state index contributed by atoms with van der Waals surface area (Å²) in [6, 6.07) is 0.274. The number of aliphatic carboxylic acids is 1. The van der Waals surface area contributed by atoms with Gasteiger partial charge in [0.25, 0.3) is 0 Å². The van der Waals surface area contributed by atoms with Crippen LogP contribution in [0.1, 0.15) is 39.0 Å². The van der Waals surface area contributed by atoms with E-state index in [4.69, 9.17) is 14.6 Å². The van der Waals surface area contributed by atoms with Gasteiger partial charge in [0.05, 0.1) is 5.41 Å². The number of hydrogen-bond acceptors (Lipinski definition) is 5. The Morgan fingerprint density at radius 3 is 2.13 bits per heavy atom. The monoisotopic (exact) mass is 451 g/mol. The normalized spacial score (nSPS) is 26.7. The SMILES string of the molecule is CCN1CC[C@@]2(C(=O)N3CCCC3)CCN(C(=O)COC)CC[C@@H]12.O=C(O)C(F)(F)F. The minimum atomic E-state index is -5.08. The van der Waals surface area contributed by atoms with Gasteiger partial charge in [-0.25, -0.2) is 4.79 Å². The molecule has 0 unspecified atom stereocenters. The molecule has 0 aromatic carbocycles. The first-order valence-electron chi connectivity index (χ1n) is 10.7. The average Bonchev–Trinajstić information content (AvgIpc) is 3.32. The number of carbonyl (C=O) groups excluding carboxylic acids is 2. The van der Waals surface area contributed by atoms with Crippen molar-refractivity contribution in [2.45, 2.75) is 51.2 Å². The van der Waals surface area contributed by atoms with E-state index in [1.807, 2.05) is 4.90 Å². The Hall–Kier alpha value is -1.88. The summed E-state index contributed by atoms with van der Waals surface area (Å²) in [5.74, 6) is -2.36. The van der Waals surface area contributed by atoms with Crippen molar-refractivity contribution in [3.8, 4) is 0 Å². The molecule has 31 heavy (non-hydrogen) atoms. The number of carboxylic acids is 1. The van der Waals surface area contributed by atoms with Crippen molar-refractivity contribution in [1.82, 2.24) is 14.7 Å². The lowest BCUT2D eigenvalue weighted by Crippen LogP contribution is -2.50. The Morgan fingerprint density at radius 1 is 1.03 bits per heavy atom. The van der Waals surface area contributed by atoms with Crippen molar-refractivity contribution >= 4 is 17.8 Å². The molecule has 0 radical (unpaired) electrons. The fourth-order valence-electron chi connectivity index (χ4n) is 4.92. The number of carboxylic acid groups (broad SMARTS) is 1. The molecule has 8 nitrogen and oxygen atoms in total. The van der Waals surface area contributed by atoms with Crippen molar-refractivity contribution in [2.75, 3.05) is 53.0 Å². The zero-order valence-electron chi connectivity index (χ0n) is 18.1. The molecule has 0 bridgehead atoms. The first-order chi connectivity index (χ1) is 14.6. The first-order valence-corrected chi connectivity index (χ1v) is 10.7. The Morgan fingerprint density at radius 2 is 1.61 bits per heavy atom. The van der Waals surface area contributed by atoms with Crippen LogP contribution in [0.5, 0.6) is 0 Å². The molecule has 3 heterocycles. The summed E-state index contributed by atoms with van der Waals surface area (Å²) in [7, 11) is 1.56. The van der Waals surface area contributed by atoms with Crippen molar-refractivity contribution in [2.24, 2.45) is 5.41 Å². The van der Waals surface area contributed by atoms with Crippen LogP contribution in [0.2, 0.25) is 0 Å².